The fourth-order valence-electron chi connectivity index (χ4n) is 5.12. The fraction of sp³-hybridized carbons (Fsp3) is 0.345. The van der Waals surface area contributed by atoms with Gasteiger partial charge in [0.1, 0.15) is 17.2 Å². The number of halogens is 1. The van der Waals surface area contributed by atoms with Gasteiger partial charge in [-0.2, -0.15) is 0 Å². The lowest BCUT2D eigenvalue weighted by Gasteiger charge is -2.42. The molecule has 0 fully saturated rings. The Kier molecular flexibility index (Phi) is 8.97. The van der Waals surface area contributed by atoms with Crippen LogP contribution in [0.3, 0.4) is 0 Å². The number of carbonyl (C=O) groups excluding carboxylic acids is 1. The van der Waals surface area contributed by atoms with Gasteiger partial charge in [-0.25, -0.2) is 4.39 Å². The highest BCUT2D eigenvalue weighted by atomic mass is 32.2. The first-order valence-corrected chi connectivity index (χ1v) is 15.4. The van der Waals surface area contributed by atoms with Crippen molar-refractivity contribution < 1.29 is 28.9 Å². The van der Waals surface area contributed by atoms with E-state index >= 15 is 0 Å². The second-order valence-electron chi connectivity index (χ2n) is 10.1. The van der Waals surface area contributed by atoms with Crippen molar-refractivity contribution in [2.45, 2.75) is 68.3 Å². The van der Waals surface area contributed by atoms with E-state index in [0.717, 1.165) is 17.8 Å². The Hall–Kier alpha value is -2.97. The van der Waals surface area contributed by atoms with E-state index in [1.807, 2.05) is 0 Å². The molecule has 0 spiro atoms. The minimum Gasteiger partial charge on any atom is -0.543 e. The van der Waals surface area contributed by atoms with E-state index in [2.05, 4.69) is 41.5 Å². The molecule has 3 aromatic carbocycles. The topological polar surface area (TPSA) is 87.0 Å². The molecule has 3 aromatic rings. The summed E-state index contributed by atoms with van der Waals surface area (Å²) in [5.41, 5.74) is 1.99. The first-order valence-electron chi connectivity index (χ1n) is 12.4. The molecule has 0 amide bonds. The number of benzene rings is 3. The molecule has 1 atom stereocenters. The Balaban J connectivity index is 1.98. The van der Waals surface area contributed by atoms with E-state index in [-0.39, 0.29) is 22.2 Å². The normalized spacial score (nSPS) is 12.8. The van der Waals surface area contributed by atoms with Gasteiger partial charge in [0.05, 0.1) is 10.1 Å². The van der Waals surface area contributed by atoms with Crippen LogP contribution in [-0.4, -0.2) is 29.4 Å². The molecular weight excluding hydrogens is 507 g/mol. The van der Waals surface area contributed by atoms with Gasteiger partial charge in [0, 0.05) is 5.56 Å². The molecule has 3 rings (SSSR count). The molecule has 0 aliphatic rings. The molecule has 0 saturated carbocycles. The lowest BCUT2D eigenvalue weighted by molar-refractivity contribution is 0.0989. The summed E-state index contributed by atoms with van der Waals surface area (Å²) >= 11 is 0.777. The van der Waals surface area contributed by atoms with E-state index in [1.54, 1.807) is 36.4 Å². The van der Waals surface area contributed by atoms with Gasteiger partial charge in [-0.3, -0.25) is 4.79 Å². The van der Waals surface area contributed by atoms with Crippen LogP contribution >= 0.6 is 11.8 Å². The zero-order chi connectivity index (χ0) is 27.5. The number of thioether (sulfide) groups is 1. The molecule has 0 aromatic heterocycles. The molecule has 198 valence electrons. The molecule has 5 nitrogen and oxygen atoms in total. The predicted molar refractivity (Wildman–Crippen MR) is 149 cm³/mol. The monoisotopic (exact) mass is 542 g/mol. The second kappa shape index (κ2) is 11.6. The van der Waals surface area contributed by atoms with Crippen LogP contribution in [0, 0.1) is 5.82 Å². The number of hydrogen-bond donors (Lipinski definition) is 3. The second-order valence-corrected chi connectivity index (χ2v) is 16.6. The van der Waals surface area contributed by atoms with Crippen molar-refractivity contribution in [2.75, 3.05) is 0 Å². The SMILES string of the molecule is CC(C)[Si](Oc1ccc(C(=O)C(Sc2c(O)ccc(O)c2F)c2cccc(O)c2)cc1)(C(C)C)C(C)C. The number of phenolic OH excluding ortho intramolecular Hbond substituents is 3. The Labute approximate surface area is 223 Å². The van der Waals surface area contributed by atoms with Gasteiger partial charge in [0.25, 0.3) is 8.32 Å². The van der Waals surface area contributed by atoms with Crippen molar-refractivity contribution in [3.63, 3.8) is 0 Å². The summed E-state index contributed by atoms with van der Waals surface area (Å²) in [6.45, 7) is 13.2. The Bertz CT molecular complexity index is 1220. The highest BCUT2D eigenvalue weighted by Gasteiger charge is 2.47. The molecular formula is C29H35FO5SSi. The number of ketones is 1. The summed E-state index contributed by atoms with van der Waals surface area (Å²) in [7, 11) is -2.17. The van der Waals surface area contributed by atoms with Crippen LogP contribution in [-0.2, 0) is 0 Å². The van der Waals surface area contributed by atoms with Crippen molar-refractivity contribution >= 4 is 25.9 Å². The first kappa shape index (κ1) is 28.6. The van der Waals surface area contributed by atoms with Crippen molar-refractivity contribution in [1.82, 2.24) is 0 Å². The Morgan fingerprint density at radius 2 is 1.41 bits per heavy atom. The molecule has 0 heterocycles. The van der Waals surface area contributed by atoms with E-state index in [0.29, 0.717) is 33.5 Å². The molecule has 37 heavy (non-hydrogen) atoms. The van der Waals surface area contributed by atoms with Gasteiger partial charge in [-0.1, -0.05) is 53.7 Å². The zero-order valence-electron chi connectivity index (χ0n) is 22.0. The third-order valence-electron chi connectivity index (χ3n) is 6.84. The van der Waals surface area contributed by atoms with Crippen LogP contribution in [0.1, 0.15) is 62.7 Å². The number of aromatic hydroxyl groups is 3. The molecule has 0 aliphatic heterocycles. The highest BCUT2D eigenvalue weighted by molar-refractivity contribution is 8.00. The quantitative estimate of drug-likeness (QED) is 0.104. The average Bonchev–Trinajstić information content (AvgIpc) is 2.84. The molecule has 0 bridgehead atoms. The number of phenols is 3. The summed E-state index contributed by atoms with van der Waals surface area (Å²) in [6.07, 6.45) is 0. The molecule has 0 radical (unpaired) electrons. The maximum Gasteiger partial charge on any atom is 0.258 e. The third-order valence-corrected chi connectivity index (χ3v) is 14.2. The maximum atomic E-state index is 14.7. The van der Waals surface area contributed by atoms with Crippen molar-refractivity contribution in [3.8, 4) is 23.0 Å². The Morgan fingerprint density at radius 1 is 0.838 bits per heavy atom. The lowest BCUT2D eigenvalue weighted by Crippen LogP contribution is -2.50. The number of rotatable bonds is 10. The van der Waals surface area contributed by atoms with Crippen LogP contribution in [0.4, 0.5) is 4.39 Å². The standard InChI is InChI=1S/C29H35FO5SSi/c1-17(2)37(18(3)4,19(5)6)35-23-12-10-20(11-13-23)27(34)28(21-8-7-9-22(31)16-21)36-29-25(33)15-14-24(32)26(29)30/h7-19,28,31-33H,1-6H3. The van der Waals surface area contributed by atoms with Gasteiger partial charge in [-0.05, 0) is 70.7 Å². The summed E-state index contributed by atoms with van der Waals surface area (Å²) in [6, 6.07) is 15.3. The zero-order valence-corrected chi connectivity index (χ0v) is 23.8. The van der Waals surface area contributed by atoms with Crippen LogP contribution in [0.25, 0.3) is 0 Å². The molecule has 8 heteroatoms. The number of Topliss-reactive ketones (excluding diaryl/α,β-unsaturated/α-hetero) is 1. The first-order chi connectivity index (χ1) is 17.4. The summed E-state index contributed by atoms with van der Waals surface area (Å²) < 4.78 is 21.4. The third kappa shape index (κ3) is 5.96. The smallest absolute Gasteiger partial charge is 0.258 e. The van der Waals surface area contributed by atoms with Gasteiger partial charge in [0.15, 0.2) is 17.3 Å². The summed E-state index contributed by atoms with van der Waals surface area (Å²) in [4.78, 5) is 13.4. The minimum atomic E-state index is -2.17. The highest BCUT2D eigenvalue weighted by Crippen LogP contribution is 2.46. The van der Waals surface area contributed by atoms with E-state index < -0.39 is 25.1 Å². The minimum absolute atomic E-state index is 0.0439. The summed E-state index contributed by atoms with van der Waals surface area (Å²) in [5.74, 6) is -1.71. The van der Waals surface area contributed by atoms with Gasteiger partial charge in [-0.15, -0.1) is 11.8 Å². The lowest BCUT2D eigenvalue weighted by atomic mass is 10.0. The molecule has 1 unspecified atom stereocenters. The van der Waals surface area contributed by atoms with Crippen molar-refractivity contribution in [2.24, 2.45) is 0 Å². The fourth-order valence-corrected chi connectivity index (χ4v) is 11.5. The van der Waals surface area contributed by atoms with Crippen LogP contribution < -0.4 is 4.43 Å². The maximum absolute atomic E-state index is 14.7. The van der Waals surface area contributed by atoms with Gasteiger partial charge in [0.2, 0.25) is 0 Å². The van der Waals surface area contributed by atoms with Crippen molar-refractivity contribution in [3.05, 3.63) is 77.6 Å². The van der Waals surface area contributed by atoms with Gasteiger partial charge >= 0.3 is 0 Å². The van der Waals surface area contributed by atoms with E-state index in [1.165, 1.54) is 18.2 Å². The number of carbonyl (C=O) groups is 1. The number of hydrogen-bond acceptors (Lipinski definition) is 6. The van der Waals surface area contributed by atoms with Crippen molar-refractivity contribution in [1.29, 1.82) is 0 Å². The molecule has 0 aliphatic carbocycles. The largest absolute Gasteiger partial charge is 0.543 e. The Morgan fingerprint density at radius 3 is 1.95 bits per heavy atom. The molecule has 0 saturated heterocycles. The van der Waals surface area contributed by atoms with E-state index in [9.17, 15) is 24.5 Å². The van der Waals surface area contributed by atoms with Crippen LogP contribution in [0.2, 0.25) is 16.6 Å². The van der Waals surface area contributed by atoms with Crippen LogP contribution in [0.5, 0.6) is 23.0 Å². The van der Waals surface area contributed by atoms with E-state index in [4.69, 9.17) is 4.43 Å². The van der Waals surface area contributed by atoms with Gasteiger partial charge < -0.3 is 19.7 Å². The molecule has 3 N–H and O–H groups in total. The van der Waals surface area contributed by atoms with Crippen LogP contribution in [0.15, 0.2) is 65.6 Å². The average molecular weight is 543 g/mol. The predicted octanol–water partition coefficient (Wildman–Crippen LogP) is 8.21. The summed E-state index contributed by atoms with van der Waals surface area (Å²) in [5, 5.41) is 29.1.